The van der Waals surface area contributed by atoms with Gasteiger partial charge in [-0.25, -0.2) is 23.6 Å². The summed E-state index contributed by atoms with van der Waals surface area (Å²) in [6, 6.07) is 10.8. The number of carbonyl (C=O) groups excluding carboxylic acids is 5. The van der Waals surface area contributed by atoms with Gasteiger partial charge in [0.2, 0.25) is 6.10 Å². The molecule has 0 saturated heterocycles. The number of hydrogen-bond acceptors (Lipinski definition) is 10. The van der Waals surface area contributed by atoms with Crippen LogP contribution in [0.3, 0.4) is 0 Å². The molecule has 11 nitrogen and oxygen atoms in total. The van der Waals surface area contributed by atoms with Gasteiger partial charge in [0.15, 0.2) is 6.10 Å². The predicted octanol–water partition coefficient (Wildman–Crippen LogP) is 8.06. The van der Waals surface area contributed by atoms with E-state index in [-0.39, 0.29) is 36.1 Å². The van der Waals surface area contributed by atoms with E-state index in [2.05, 4.69) is 0 Å². The lowest BCUT2D eigenvalue weighted by Crippen LogP contribution is -2.52. The highest BCUT2D eigenvalue weighted by atomic mass is 32.2. The molecule has 4 atom stereocenters. The zero-order valence-corrected chi connectivity index (χ0v) is 34.6. The molecule has 0 bridgehead atoms. The molecule has 16 heteroatoms. The standard InChI is InChI=1S/C40H54F4N2O9S/c1-25(53-33(48)29(22-37(2,3)4)46(11)36(51)55-38(5,6)7)32(47)45(10)30(23-39(8,9)41)34(49)54-31(35(50)52-24-27-15-13-12-14-16-27)21-26-17-19-28(20-18-26)56-40(42,43)44/h12-20,25,29-31H,21-24H2,1-11H3/t25-,29+,30+,31+/m1/s1. The summed E-state index contributed by atoms with van der Waals surface area (Å²) in [6.07, 6.45) is -4.76. The fourth-order valence-corrected chi connectivity index (χ4v) is 5.80. The molecule has 0 aliphatic carbocycles. The van der Waals surface area contributed by atoms with E-state index >= 15 is 4.39 Å². The smallest absolute Gasteiger partial charge is 0.446 e. The van der Waals surface area contributed by atoms with Crippen LogP contribution in [0.1, 0.15) is 86.3 Å². The zero-order valence-electron chi connectivity index (χ0n) is 33.8. The largest absolute Gasteiger partial charge is 0.458 e. The number of rotatable bonds is 16. The molecule has 2 aromatic rings. The molecule has 56 heavy (non-hydrogen) atoms. The second-order valence-electron chi connectivity index (χ2n) is 16.3. The Morgan fingerprint density at radius 2 is 1.23 bits per heavy atom. The van der Waals surface area contributed by atoms with Crippen molar-refractivity contribution in [3.8, 4) is 0 Å². The third-order valence-electron chi connectivity index (χ3n) is 7.96. The van der Waals surface area contributed by atoms with Crippen LogP contribution < -0.4 is 0 Å². The van der Waals surface area contributed by atoms with Crippen molar-refractivity contribution in [2.45, 2.75) is 134 Å². The Morgan fingerprint density at radius 1 is 0.696 bits per heavy atom. The first kappa shape index (κ1) is 47.8. The number of halogens is 4. The maximum Gasteiger partial charge on any atom is 0.446 e. The minimum Gasteiger partial charge on any atom is -0.458 e. The molecule has 0 radical (unpaired) electrons. The molecule has 2 aromatic carbocycles. The van der Waals surface area contributed by atoms with Gasteiger partial charge in [0.1, 0.15) is 30.0 Å². The lowest BCUT2D eigenvalue weighted by atomic mass is 9.87. The zero-order chi connectivity index (χ0) is 42.8. The van der Waals surface area contributed by atoms with Gasteiger partial charge < -0.3 is 23.8 Å². The third kappa shape index (κ3) is 17.2. The molecule has 0 aliphatic rings. The van der Waals surface area contributed by atoms with Crippen LogP contribution in [-0.4, -0.2) is 94.9 Å². The molecular weight excluding hydrogens is 761 g/mol. The van der Waals surface area contributed by atoms with E-state index in [1.54, 1.807) is 51.1 Å². The van der Waals surface area contributed by atoms with E-state index in [0.29, 0.717) is 11.1 Å². The van der Waals surface area contributed by atoms with Crippen LogP contribution in [0.4, 0.5) is 22.4 Å². The van der Waals surface area contributed by atoms with Crippen LogP contribution in [0.15, 0.2) is 59.5 Å². The summed E-state index contributed by atoms with van der Waals surface area (Å²) in [6.45, 7) is 13.9. The summed E-state index contributed by atoms with van der Waals surface area (Å²) in [4.78, 5) is 69.3. The Labute approximate surface area is 330 Å². The molecule has 0 saturated carbocycles. The molecule has 0 unspecified atom stereocenters. The first-order valence-corrected chi connectivity index (χ1v) is 18.7. The molecule has 0 spiro atoms. The van der Waals surface area contributed by atoms with E-state index in [0.717, 1.165) is 9.80 Å². The van der Waals surface area contributed by atoms with Crippen LogP contribution >= 0.6 is 11.8 Å². The molecule has 2 rings (SSSR count). The molecular formula is C40H54F4N2O9S. The van der Waals surface area contributed by atoms with Crippen molar-refractivity contribution >= 4 is 41.7 Å². The first-order valence-electron chi connectivity index (χ1n) is 17.9. The number of ether oxygens (including phenoxy) is 4. The number of carbonyl (C=O) groups is 5. The highest BCUT2D eigenvalue weighted by molar-refractivity contribution is 8.00. The van der Waals surface area contributed by atoms with Crippen molar-refractivity contribution in [3.05, 3.63) is 65.7 Å². The molecule has 0 aromatic heterocycles. The summed E-state index contributed by atoms with van der Waals surface area (Å²) in [7, 11) is 2.56. The second kappa shape index (κ2) is 19.7. The van der Waals surface area contributed by atoms with E-state index in [4.69, 9.17) is 18.9 Å². The maximum absolute atomic E-state index is 15.2. The van der Waals surface area contributed by atoms with Gasteiger partial charge in [-0.2, -0.15) is 13.2 Å². The summed E-state index contributed by atoms with van der Waals surface area (Å²) >= 11 is -0.324. The lowest BCUT2D eigenvalue weighted by Gasteiger charge is -2.34. The van der Waals surface area contributed by atoms with Crippen molar-refractivity contribution in [1.82, 2.24) is 9.80 Å². The number of nitrogens with zero attached hydrogens (tertiary/aromatic N) is 2. The summed E-state index contributed by atoms with van der Waals surface area (Å²) < 4.78 is 76.0. The van der Waals surface area contributed by atoms with Crippen molar-refractivity contribution in [3.63, 3.8) is 0 Å². The van der Waals surface area contributed by atoms with Gasteiger partial charge in [-0.05, 0) is 88.4 Å². The monoisotopic (exact) mass is 814 g/mol. The minimum absolute atomic E-state index is 0.108. The number of alkyl halides is 4. The molecule has 0 aliphatic heterocycles. The van der Waals surface area contributed by atoms with Crippen LogP contribution in [0, 0.1) is 5.41 Å². The minimum atomic E-state index is -4.52. The summed E-state index contributed by atoms with van der Waals surface area (Å²) in [5, 5.41) is 0. The average Bonchev–Trinajstić information content (AvgIpc) is 3.06. The highest BCUT2D eigenvalue weighted by Gasteiger charge is 2.41. The van der Waals surface area contributed by atoms with Crippen molar-refractivity contribution in [2.24, 2.45) is 5.41 Å². The molecule has 0 N–H and O–H groups in total. The number of benzene rings is 2. The SMILES string of the molecule is C[C@@H](OC(=O)[C@H](CC(C)(C)C)N(C)C(=O)OC(C)(C)C)C(=O)N(C)[C@@H](CC(C)(C)F)C(=O)O[C@@H](Cc1ccc(SC(F)(F)F)cc1)C(=O)OCc1ccccc1. The van der Waals surface area contributed by atoms with Crippen LogP contribution in [0.25, 0.3) is 0 Å². The molecule has 312 valence electrons. The van der Waals surface area contributed by atoms with Gasteiger partial charge in [-0.3, -0.25) is 9.69 Å². The Kier molecular flexibility index (Phi) is 16.8. The van der Waals surface area contributed by atoms with Crippen molar-refractivity contribution in [1.29, 1.82) is 0 Å². The van der Waals surface area contributed by atoms with Crippen molar-refractivity contribution in [2.75, 3.05) is 14.1 Å². The van der Waals surface area contributed by atoms with Gasteiger partial charge in [0, 0.05) is 31.8 Å². The number of amides is 2. The number of esters is 3. The fraction of sp³-hybridized carbons (Fsp3) is 0.575. The summed E-state index contributed by atoms with van der Waals surface area (Å²) in [5.74, 6) is -4.02. The number of likely N-dealkylation sites (N-methyl/N-ethyl adjacent to an activating group) is 2. The van der Waals surface area contributed by atoms with Crippen LogP contribution in [0.2, 0.25) is 0 Å². The molecule has 2 amide bonds. The van der Waals surface area contributed by atoms with Gasteiger partial charge in [0.05, 0.1) is 0 Å². The van der Waals surface area contributed by atoms with Gasteiger partial charge >= 0.3 is 29.5 Å². The summed E-state index contributed by atoms with van der Waals surface area (Å²) in [5.41, 5.74) is -6.98. The van der Waals surface area contributed by atoms with Crippen molar-refractivity contribution < 1.29 is 60.5 Å². The van der Waals surface area contributed by atoms with Crippen LogP contribution in [0.5, 0.6) is 0 Å². The van der Waals surface area contributed by atoms with E-state index in [1.807, 2.05) is 20.8 Å². The Bertz CT molecular complexity index is 1640. The van der Waals surface area contributed by atoms with Gasteiger partial charge in [0.25, 0.3) is 5.91 Å². The van der Waals surface area contributed by atoms with Crippen LogP contribution in [-0.2, 0) is 51.2 Å². The Hall–Kier alpha value is -4.34. The Balaban J connectivity index is 2.37. The second-order valence-corrected chi connectivity index (χ2v) is 17.4. The van der Waals surface area contributed by atoms with E-state index in [9.17, 15) is 37.1 Å². The fourth-order valence-electron chi connectivity index (χ4n) is 5.26. The topological polar surface area (TPSA) is 129 Å². The highest BCUT2D eigenvalue weighted by Crippen LogP contribution is 2.37. The van der Waals surface area contributed by atoms with E-state index in [1.165, 1.54) is 59.1 Å². The first-order chi connectivity index (χ1) is 25.5. The number of hydrogen-bond donors (Lipinski definition) is 0. The number of thioether (sulfide) groups is 1. The van der Waals surface area contributed by atoms with Gasteiger partial charge in [-0.15, -0.1) is 0 Å². The predicted molar refractivity (Wildman–Crippen MR) is 202 cm³/mol. The molecule has 0 heterocycles. The quantitative estimate of drug-likeness (QED) is 0.0711. The Morgan fingerprint density at radius 3 is 1.73 bits per heavy atom. The average molecular weight is 815 g/mol. The third-order valence-corrected chi connectivity index (χ3v) is 8.70. The maximum atomic E-state index is 15.2. The van der Waals surface area contributed by atoms with Gasteiger partial charge in [-0.1, -0.05) is 63.2 Å². The van der Waals surface area contributed by atoms with E-state index < -0.39 is 82.8 Å². The lowest BCUT2D eigenvalue weighted by molar-refractivity contribution is -0.175. The normalized spacial score (nSPS) is 14.4. The molecule has 0 fully saturated rings.